The molecule has 4 nitrogen and oxygen atoms in total. The Kier molecular flexibility index (Phi) is 3.17. The van der Waals surface area contributed by atoms with Gasteiger partial charge in [0.05, 0.1) is 32.4 Å². The van der Waals surface area contributed by atoms with E-state index < -0.39 is 0 Å². The largest absolute Gasteiger partial charge is 0.369 e. The van der Waals surface area contributed by atoms with Gasteiger partial charge in [-0.25, -0.2) is 14.4 Å². The van der Waals surface area contributed by atoms with E-state index in [4.69, 9.17) is 5.73 Å². The van der Waals surface area contributed by atoms with Crippen molar-refractivity contribution >= 4 is 50.9 Å². The summed E-state index contributed by atoms with van der Waals surface area (Å²) in [6, 6.07) is 3.19. The second-order valence-electron chi connectivity index (χ2n) is 4.17. The first-order valence-electron chi connectivity index (χ1n) is 5.56. The molecule has 1 aromatic carbocycles. The molecule has 0 unspecified atom stereocenters. The lowest BCUT2D eigenvalue weighted by Crippen LogP contribution is -2.04. The van der Waals surface area contributed by atoms with Gasteiger partial charge < -0.3 is 10.3 Å². The Bertz CT molecular complexity index is 765. The molecule has 0 amide bonds. The van der Waals surface area contributed by atoms with Gasteiger partial charge in [-0.15, -0.1) is 11.3 Å². The van der Waals surface area contributed by atoms with Gasteiger partial charge in [0.1, 0.15) is 5.82 Å². The topological polar surface area (TPSA) is 56.7 Å². The summed E-state index contributed by atoms with van der Waals surface area (Å²) in [5.41, 5.74) is 10.1. The van der Waals surface area contributed by atoms with E-state index in [0.29, 0.717) is 27.1 Å². The molecule has 0 radical (unpaired) electrons. The predicted molar refractivity (Wildman–Crippen MR) is 82.8 cm³/mol. The number of hydrogen-bond donors (Lipinski definition) is 1. The standard InChI is InChI=1S/C12H10FIN4S/c1-6-11(19-5-16-6)4-18-10-2-7(13)8(14)3-9(10)17-12(18)15/h2-3,5H,4H2,1H3,(H2,15,17). The van der Waals surface area contributed by atoms with Crippen molar-refractivity contribution in [3.05, 3.63) is 37.6 Å². The van der Waals surface area contributed by atoms with Crippen molar-refractivity contribution in [1.29, 1.82) is 0 Å². The van der Waals surface area contributed by atoms with E-state index in [0.717, 1.165) is 10.6 Å². The number of fused-ring (bicyclic) bond motifs is 1. The van der Waals surface area contributed by atoms with Crippen LogP contribution in [0, 0.1) is 16.3 Å². The first-order chi connectivity index (χ1) is 9.06. The van der Waals surface area contributed by atoms with Crippen molar-refractivity contribution in [2.24, 2.45) is 0 Å². The van der Waals surface area contributed by atoms with Gasteiger partial charge in [-0.05, 0) is 35.6 Å². The second-order valence-corrected chi connectivity index (χ2v) is 6.27. The van der Waals surface area contributed by atoms with Crippen LogP contribution in [-0.2, 0) is 6.54 Å². The number of aromatic nitrogens is 3. The number of hydrogen-bond acceptors (Lipinski definition) is 4. The molecule has 3 aromatic rings. The highest BCUT2D eigenvalue weighted by atomic mass is 127. The zero-order chi connectivity index (χ0) is 13.6. The van der Waals surface area contributed by atoms with Gasteiger partial charge in [0.25, 0.3) is 0 Å². The highest BCUT2D eigenvalue weighted by Gasteiger charge is 2.13. The summed E-state index contributed by atoms with van der Waals surface area (Å²) in [4.78, 5) is 9.59. The number of anilines is 1. The van der Waals surface area contributed by atoms with Crippen LogP contribution in [0.25, 0.3) is 11.0 Å². The van der Waals surface area contributed by atoms with E-state index in [1.807, 2.05) is 34.1 Å². The van der Waals surface area contributed by atoms with Gasteiger partial charge in [0.2, 0.25) is 5.95 Å². The van der Waals surface area contributed by atoms with Gasteiger partial charge >= 0.3 is 0 Å². The summed E-state index contributed by atoms with van der Waals surface area (Å²) in [5, 5.41) is 0. The maximum absolute atomic E-state index is 13.7. The highest BCUT2D eigenvalue weighted by Crippen LogP contribution is 2.25. The molecule has 3 rings (SSSR count). The van der Waals surface area contributed by atoms with Crippen LogP contribution < -0.4 is 5.73 Å². The minimum absolute atomic E-state index is 0.254. The van der Waals surface area contributed by atoms with Crippen LogP contribution in [0.3, 0.4) is 0 Å². The number of rotatable bonds is 2. The molecule has 0 fully saturated rings. The van der Waals surface area contributed by atoms with Crippen molar-refractivity contribution in [2.75, 3.05) is 5.73 Å². The van der Waals surface area contributed by atoms with Gasteiger partial charge in [-0.2, -0.15) is 0 Å². The second kappa shape index (κ2) is 4.71. The van der Waals surface area contributed by atoms with E-state index in [-0.39, 0.29) is 5.82 Å². The zero-order valence-corrected chi connectivity index (χ0v) is 13.0. The van der Waals surface area contributed by atoms with E-state index in [1.54, 1.807) is 22.9 Å². The number of benzene rings is 1. The molecule has 0 atom stereocenters. The lowest BCUT2D eigenvalue weighted by Gasteiger charge is -2.05. The predicted octanol–water partition coefficient (Wildman–Crippen LogP) is 3.18. The van der Waals surface area contributed by atoms with Gasteiger partial charge in [0.15, 0.2) is 0 Å². The molecule has 2 aromatic heterocycles. The maximum atomic E-state index is 13.7. The van der Waals surface area contributed by atoms with Crippen LogP contribution in [0.2, 0.25) is 0 Å². The van der Waals surface area contributed by atoms with Crippen LogP contribution in [0.4, 0.5) is 10.3 Å². The van der Waals surface area contributed by atoms with Crippen LogP contribution in [-0.4, -0.2) is 14.5 Å². The molecule has 98 valence electrons. The average Bonchev–Trinajstić information content (AvgIpc) is 2.88. The number of imidazole rings is 1. The van der Waals surface area contributed by atoms with E-state index >= 15 is 0 Å². The molecule has 7 heteroatoms. The number of nitrogens with two attached hydrogens (primary N) is 1. The third-order valence-electron chi connectivity index (χ3n) is 2.97. The van der Waals surface area contributed by atoms with E-state index in [2.05, 4.69) is 9.97 Å². The number of aryl methyl sites for hydroxylation is 1. The molecule has 0 aliphatic heterocycles. The molecule has 0 spiro atoms. The molecule has 0 bridgehead atoms. The fourth-order valence-electron chi connectivity index (χ4n) is 1.93. The van der Waals surface area contributed by atoms with Crippen LogP contribution in [0.5, 0.6) is 0 Å². The first kappa shape index (κ1) is 12.8. The van der Waals surface area contributed by atoms with E-state index in [9.17, 15) is 4.39 Å². The smallest absolute Gasteiger partial charge is 0.201 e. The summed E-state index contributed by atoms with van der Waals surface area (Å²) in [5.74, 6) is 0.138. The summed E-state index contributed by atoms with van der Waals surface area (Å²) in [6.07, 6.45) is 0. The molecule has 19 heavy (non-hydrogen) atoms. The van der Waals surface area contributed by atoms with Crippen molar-refractivity contribution < 1.29 is 4.39 Å². The molecule has 0 saturated heterocycles. The van der Waals surface area contributed by atoms with E-state index in [1.165, 1.54) is 6.07 Å². The lowest BCUT2D eigenvalue weighted by molar-refractivity contribution is 0.621. The van der Waals surface area contributed by atoms with Crippen molar-refractivity contribution in [3.63, 3.8) is 0 Å². The lowest BCUT2D eigenvalue weighted by atomic mass is 10.3. The summed E-state index contributed by atoms with van der Waals surface area (Å²) >= 11 is 3.51. The number of thiazole rings is 1. The molecular weight excluding hydrogens is 378 g/mol. The molecule has 0 saturated carbocycles. The monoisotopic (exact) mass is 388 g/mol. The van der Waals surface area contributed by atoms with Crippen LogP contribution in [0.15, 0.2) is 17.6 Å². The molecule has 2 heterocycles. The Morgan fingerprint density at radius 1 is 1.47 bits per heavy atom. The SMILES string of the molecule is Cc1ncsc1Cn1c(N)nc2cc(I)c(F)cc21. The Balaban J connectivity index is 2.15. The number of nitrogens with zero attached hydrogens (tertiary/aromatic N) is 3. The minimum Gasteiger partial charge on any atom is -0.369 e. The number of nitrogen functional groups attached to an aromatic ring is 1. The molecule has 0 aliphatic carbocycles. The summed E-state index contributed by atoms with van der Waals surface area (Å²) in [6.45, 7) is 2.52. The number of halogens is 2. The molecular formula is C12H10FIN4S. The maximum Gasteiger partial charge on any atom is 0.201 e. The highest BCUT2D eigenvalue weighted by molar-refractivity contribution is 14.1. The zero-order valence-electron chi connectivity index (χ0n) is 10.0. The Morgan fingerprint density at radius 2 is 2.26 bits per heavy atom. The van der Waals surface area contributed by atoms with Gasteiger partial charge in [0, 0.05) is 10.9 Å². The summed E-state index contributed by atoms with van der Waals surface area (Å²) < 4.78 is 16.1. The summed E-state index contributed by atoms with van der Waals surface area (Å²) in [7, 11) is 0. The molecule has 2 N–H and O–H groups in total. The molecule has 0 aliphatic rings. The van der Waals surface area contributed by atoms with Crippen LogP contribution in [0.1, 0.15) is 10.6 Å². The Labute approximate surface area is 126 Å². The minimum atomic E-state index is -0.254. The normalized spacial score (nSPS) is 11.3. The average molecular weight is 388 g/mol. The first-order valence-corrected chi connectivity index (χ1v) is 7.52. The van der Waals surface area contributed by atoms with Crippen LogP contribution >= 0.6 is 33.9 Å². The third-order valence-corrected chi connectivity index (χ3v) is 4.71. The van der Waals surface area contributed by atoms with Crippen molar-refractivity contribution in [3.8, 4) is 0 Å². The fraction of sp³-hybridized carbons (Fsp3) is 0.167. The van der Waals surface area contributed by atoms with Gasteiger partial charge in [-0.1, -0.05) is 0 Å². The Morgan fingerprint density at radius 3 is 2.95 bits per heavy atom. The third kappa shape index (κ3) is 2.20. The van der Waals surface area contributed by atoms with Crippen molar-refractivity contribution in [2.45, 2.75) is 13.5 Å². The van der Waals surface area contributed by atoms with Gasteiger partial charge in [-0.3, -0.25) is 0 Å². The Hall–Kier alpha value is -1.22. The van der Waals surface area contributed by atoms with Crippen molar-refractivity contribution in [1.82, 2.24) is 14.5 Å². The fourth-order valence-corrected chi connectivity index (χ4v) is 3.14. The quantitative estimate of drug-likeness (QED) is 0.687.